The van der Waals surface area contributed by atoms with Crippen LogP contribution in [-0.4, -0.2) is 13.1 Å². The predicted molar refractivity (Wildman–Crippen MR) is 83.5 cm³/mol. The maximum atomic E-state index is 13.9. The summed E-state index contributed by atoms with van der Waals surface area (Å²) in [5, 5.41) is 3.48. The van der Waals surface area contributed by atoms with E-state index in [4.69, 9.17) is 0 Å². The highest BCUT2D eigenvalue weighted by atomic mass is 19.1. The van der Waals surface area contributed by atoms with Gasteiger partial charge in [-0.1, -0.05) is 38.8 Å². The fraction of sp³-hybridized carbons (Fsp3) is 0.667. The van der Waals surface area contributed by atoms with E-state index in [1.165, 1.54) is 31.2 Å². The van der Waals surface area contributed by atoms with Gasteiger partial charge in [0.15, 0.2) is 0 Å². The summed E-state index contributed by atoms with van der Waals surface area (Å²) < 4.78 is 13.9. The molecule has 0 aliphatic heterocycles. The van der Waals surface area contributed by atoms with Gasteiger partial charge >= 0.3 is 0 Å². The van der Waals surface area contributed by atoms with Crippen molar-refractivity contribution in [1.82, 2.24) is 5.32 Å². The van der Waals surface area contributed by atoms with Gasteiger partial charge in [0.2, 0.25) is 0 Å². The molecule has 112 valence electrons. The molecule has 0 saturated heterocycles. The first kappa shape index (κ1) is 15.5. The molecule has 1 aliphatic carbocycles. The summed E-state index contributed by atoms with van der Waals surface area (Å²) in [6, 6.07) is 5.85. The van der Waals surface area contributed by atoms with E-state index in [9.17, 15) is 4.39 Å². The first-order chi connectivity index (χ1) is 9.65. The second kappa shape index (κ2) is 7.21. The molecule has 20 heavy (non-hydrogen) atoms. The van der Waals surface area contributed by atoms with Gasteiger partial charge in [-0.15, -0.1) is 0 Å². The maximum absolute atomic E-state index is 13.9. The highest BCUT2D eigenvalue weighted by Gasteiger charge is 2.30. The SMILES string of the molecule is CCNCC1CCC(CC)CC1c1ccc(C)c(F)c1. The molecule has 1 saturated carbocycles. The first-order valence-electron chi connectivity index (χ1n) is 8.12. The van der Waals surface area contributed by atoms with Crippen LogP contribution in [0.25, 0.3) is 0 Å². The summed E-state index contributed by atoms with van der Waals surface area (Å²) in [4.78, 5) is 0. The van der Waals surface area contributed by atoms with Gasteiger partial charge < -0.3 is 5.32 Å². The molecular weight excluding hydrogens is 249 g/mol. The standard InChI is InChI=1S/C18H28FN/c1-4-14-7-9-16(12-20-5-2)17(10-14)15-8-6-13(3)18(19)11-15/h6,8,11,14,16-17,20H,4-5,7,9-10,12H2,1-3H3. The topological polar surface area (TPSA) is 12.0 Å². The molecule has 1 nitrogen and oxygen atoms in total. The Hall–Kier alpha value is -0.890. The van der Waals surface area contributed by atoms with E-state index in [0.717, 1.165) is 24.6 Å². The van der Waals surface area contributed by atoms with Crippen LogP contribution in [0.5, 0.6) is 0 Å². The lowest BCUT2D eigenvalue weighted by Gasteiger charge is -2.36. The normalized spacial score (nSPS) is 26.7. The fourth-order valence-corrected chi connectivity index (χ4v) is 3.51. The molecule has 0 heterocycles. The van der Waals surface area contributed by atoms with Crippen LogP contribution in [0.1, 0.15) is 56.6 Å². The molecule has 0 bridgehead atoms. The number of rotatable bonds is 5. The van der Waals surface area contributed by atoms with Crippen LogP contribution in [-0.2, 0) is 0 Å². The molecule has 2 heteroatoms. The van der Waals surface area contributed by atoms with Crippen molar-refractivity contribution >= 4 is 0 Å². The summed E-state index contributed by atoms with van der Waals surface area (Å²) >= 11 is 0. The molecule has 0 amide bonds. The van der Waals surface area contributed by atoms with Crippen molar-refractivity contribution in [3.05, 3.63) is 35.1 Å². The molecule has 1 fully saturated rings. The van der Waals surface area contributed by atoms with Crippen LogP contribution in [0.2, 0.25) is 0 Å². The molecule has 1 N–H and O–H groups in total. The summed E-state index contributed by atoms with van der Waals surface area (Å²) in [6.45, 7) is 8.35. The zero-order chi connectivity index (χ0) is 14.5. The third kappa shape index (κ3) is 3.60. The van der Waals surface area contributed by atoms with Crippen LogP contribution in [0.4, 0.5) is 4.39 Å². The second-order valence-corrected chi connectivity index (χ2v) is 6.27. The Morgan fingerprint density at radius 2 is 2.05 bits per heavy atom. The minimum absolute atomic E-state index is 0.0525. The number of hydrogen-bond donors (Lipinski definition) is 1. The second-order valence-electron chi connectivity index (χ2n) is 6.27. The fourth-order valence-electron chi connectivity index (χ4n) is 3.51. The lowest BCUT2D eigenvalue weighted by molar-refractivity contribution is 0.226. The van der Waals surface area contributed by atoms with E-state index in [1.807, 2.05) is 13.0 Å². The van der Waals surface area contributed by atoms with Crippen molar-refractivity contribution in [3.8, 4) is 0 Å². The van der Waals surface area contributed by atoms with Gasteiger partial charge in [0.1, 0.15) is 5.82 Å². The number of hydrogen-bond acceptors (Lipinski definition) is 1. The van der Waals surface area contributed by atoms with Gasteiger partial charge in [-0.3, -0.25) is 0 Å². The summed E-state index contributed by atoms with van der Waals surface area (Å²) in [5.74, 6) is 1.92. The van der Waals surface area contributed by atoms with Gasteiger partial charge in [0.25, 0.3) is 0 Å². The van der Waals surface area contributed by atoms with Crippen LogP contribution < -0.4 is 5.32 Å². The Labute approximate surface area is 123 Å². The third-order valence-electron chi connectivity index (χ3n) is 4.96. The first-order valence-corrected chi connectivity index (χ1v) is 8.12. The van der Waals surface area contributed by atoms with Crippen LogP contribution >= 0.6 is 0 Å². The van der Waals surface area contributed by atoms with Crippen molar-refractivity contribution in [2.45, 2.75) is 52.4 Å². The monoisotopic (exact) mass is 277 g/mol. The van der Waals surface area contributed by atoms with Crippen LogP contribution in [0.15, 0.2) is 18.2 Å². The van der Waals surface area contributed by atoms with E-state index in [2.05, 4.69) is 25.2 Å². The van der Waals surface area contributed by atoms with Crippen LogP contribution in [0, 0.1) is 24.6 Å². The van der Waals surface area contributed by atoms with Crippen molar-refractivity contribution in [2.24, 2.45) is 11.8 Å². The summed E-state index contributed by atoms with van der Waals surface area (Å²) in [5.41, 5.74) is 1.95. The Morgan fingerprint density at radius 3 is 2.70 bits per heavy atom. The molecule has 0 aromatic heterocycles. The van der Waals surface area contributed by atoms with E-state index in [0.29, 0.717) is 11.8 Å². The molecule has 2 rings (SSSR count). The summed E-state index contributed by atoms with van der Waals surface area (Å²) in [6.07, 6.45) is 5.07. The predicted octanol–water partition coefficient (Wildman–Crippen LogP) is 4.65. The number of halogens is 1. The van der Waals surface area contributed by atoms with Crippen molar-refractivity contribution in [3.63, 3.8) is 0 Å². The Balaban J connectivity index is 2.18. The molecule has 1 aliphatic rings. The Kier molecular flexibility index (Phi) is 5.59. The van der Waals surface area contributed by atoms with Gasteiger partial charge in [-0.05, 0) is 67.8 Å². The van der Waals surface area contributed by atoms with Gasteiger partial charge in [0, 0.05) is 0 Å². The van der Waals surface area contributed by atoms with E-state index < -0.39 is 0 Å². The lowest BCUT2D eigenvalue weighted by atomic mass is 9.70. The number of benzene rings is 1. The minimum Gasteiger partial charge on any atom is -0.317 e. The molecule has 1 aromatic rings. The Morgan fingerprint density at radius 1 is 1.25 bits per heavy atom. The molecule has 3 atom stereocenters. The summed E-state index contributed by atoms with van der Waals surface area (Å²) in [7, 11) is 0. The van der Waals surface area contributed by atoms with Crippen molar-refractivity contribution in [2.75, 3.05) is 13.1 Å². The third-order valence-corrected chi connectivity index (χ3v) is 4.96. The molecule has 1 aromatic carbocycles. The zero-order valence-electron chi connectivity index (χ0n) is 13.1. The molecular formula is C18H28FN. The number of aryl methyl sites for hydroxylation is 1. The van der Waals surface area contributed by atoms with Crippen molar-refractivity contribution in [1.29, 1.82) is 0 Å². The minimum atomic E-state index is -0.0525. The highest BCUT2D eigenvalue weighted by molar-refractivity contribution is 5.27. The van der Waals surface area contributed by atoms with E-state index in [-0.39, 0.29) is 5.82 Å². The average Bonchev–Trinajstić information content (AvgIpc) is 2.48. The molecule has 3 unspecified atom stereocenters. The molecule has 0 radical (unpaired) electrons. The Bertz CT molecular complexity index is 429. The quantitative estimate of drug-likeness (QED) is 0.826. The van der Waals surface area contributed by atoms with E-state index in [1.54, 1.807) is 6.07 Å². The van der Waals surface area contributed by atoms with Crippen LogP contribution in [0.3, 0.4) is 0 Å². The number of nitrogens with one attached hydrogen (secondary N) is 1. The lowest BCUT2D eigenvalue weighted by Crippen LogP contribution is -2.32. The average molecular weight is 277 g/mol. The zero-order valence-corrected chi connectivity index (χ0v) is 13.1. The smallest absolute Gasteiger partial charge is 0.126 e. The van der Waals surface area contributed by atoms with Gasteiger partial charge in [0.05, 0.1) is 0 Å². The molecule has 0 spiro atoms. The van der Waals surface area contributed by atoms with E-state index >= 15 is 0 Å². The maximum Gasteiger partial charge on any atom is 0.126 e. The highest BCUT2D eigenvalue weighted by Crippen LogP contribution is 2.41. The van der Waals surface area contributed by atoms with Gasteiger partial charge in [-0.25, -0.2) is 4.39 Å². The van der Waals surface area contributed by atoms with Gasteiger partial charge in [-0.2, -0.15) is 0 Å². The van der Waals surface area contributed by atoms with Crippen molar-refractivity contribution < 1.29 is 4.39 Å². The largest absolute Gasteiger partial charge is 0.317 e.